The molecule has 0 aliphatic carbocycles. The standard InChI is InChI=1S/C34H44N6O4S/c1-22-8-10-24(18-26(22)23-9-11-25(35-20-23)21-39-14-16-44-17-15-39)36-32(43)37-29-27(19-28(45-29)33(2,3)4)30(41)40-13-12-38(7)31(42)34(40,5)6/h8-11,18-20H,12-17,21H2,1-7H3,(H2,36,37,43)/i14D2,15D2,16D2,17D2. The molecule has 2 N–H and O–H groups in total. The minimum absolute atomic E-state index is 0.154. The Balaban J connectivity index is 1.36. The van der Waals surface area contributed by atoms with E-state index < -0.39 is 44.2 Å². The Morgan fingerprint density at radius 3 is 2.49 bits per heavy atom. The molecule has 45 heavy (non-hydrogen) atoms. The van der Waals surface area contributed by atoms with E-state index in [1.165, 1.54) is 23.6 Å². The molecular formula is C34H44N6O4S. The predicted molar refractivity (Wildman–Crippen MR) is 179 cm³/mol. The average Bonchev–Trinajstić information content (AvgIpc) is 3.46. The van der Waals surface area contributed by atoms with Crippen LogP contribution in [0.3, 0.4) is 0 Å². The monoisotopic (exact) mass is 640 g/mol. The van der Waals surface area contributed by atoms with Crippen LogP contribution in [0.4, 0.5) is 15.5 Å². The van der Waals surface area contributed by atoms with Gasteiger partial charge >= 0.3 is 6.03 Å². The van der Waals surface area contributed by atoms with Crippen molar-refractivity contribution in [2.45, 2.75) is 59.0 Å². The van der Waals surface area contributed by atoms with Crippen molar-refractivity contribution >= 4 is 39.9 Å². The minimum Gasteiger partial charge on any atom is -0.379 e. The number of ether oxygens (including phenoxy) is 1. The fourth-order valence-electron chi connectivity index (χ4n) is 5.13. The van der Waals surface area contributed by atoms with E-state index >= 15 is 0 Å². The fourth-order valence-corrected chi connectivity index (χ4v) is 6.23. The number of hydrogen-bond acceptors (Lipinski definition) is 7. The molecule has 0 unspecified atom stereocenters. The van der Waals surface area contributed by atoms with Crippen molar-refractivity contribution in [2.24, 2.45) is 0 Å². The molecule has 5 rings (SSSR count). The highest BCUT2D eigenvalue weighted by molar-refractivity contribution is 7.16. The Morgan fingerprint density at radius 1 is 1.09 bits per heavy atom. The van der Waals surface area contributed by atoms with E-state index in [9.17, 15) is 14.4 Å². The number of amides is 4. The van der Waals surface area contributed by atoms with Gasteiger partial charge in [0.15, 0.2) is 0 Å². The van der Waals surface area contributed by atoms with Crippen LogP contribution in [-0.4, -0.2) is 89.3 Å². The lowest BCUT2D eigenvalue weighted by atomic mass is 9.93. The molecule has 0 saturated carbocycles. The summed E-state index contributed by atoms with van der Waals surface area (Å²) in [6.45, 7) is -0.912. The number of aryl methyl sites for hydroxylation is 1. The normalized spacial score (nSPS) is 24.5. The number of carbonyl (C=O) groups is 3. The number of carbonyl (C=O) groups excluding carboxylic acids is 3. The highest BCUT2D eigenvalue weighted by atomic mass is 32.1. The van der Waals surface area contributed by atoms with Gasteiger partial charge in [-0.25, -0.2) is 4.79 Å². The number of nitrogens with one attached hydrogen (secondary N) is 2. The SMILES string of the molecule is [2H]C1([2H])OC([2H])([2H])C([2H])([2H])N(Cc2ccc(-c3cc(NC(=O)Nc4sc(C(C)(C)C)cc4C(=O)N4CCN(C)C(=O)C4(C)C)ccc3C)cn2)C1([2H])[2H]. The summed E-state index contributed by atoms with van der Waals surface area (Å²) < 4.78 is 69.3. The molecule has 10 nitrogen and oxygen atoms in total. The number of pyridine rings is 1. The predicted octanol–water partition coefficient (Wildman–Crippen LogP) is 5.59. The van der Waals surface area contributed by atoms with E-state index in [0.29, 0.717) is 45.4 Å². The second kappa shape index (κ2) is 12.9. The largest absolute Gasteiger partial charge is 0.379 e. The highest BCUT2D eigenvalue weighted by Crippen LogP contribution is 2.38. The molecule has 2 aliphatic rings. The summed E-state index contributed by atoms with van der Waals surface area (Å²) in [5.41, 5.74) is 1.61. The summed E-state index contributed by atoms with van der Waals surface area (Å²) in [6.07, 6.45) is 1.47. The van der Waals surface area contributed by atoms with Gasteiger partial charge in [-0.15, -0.1) is 11.3 Å². The number of aromatic nitrogens is 1. The number of piperazine rings is 1. The van der Waals surface area contributed by atoms with Crippen LogP contribution in [0.5, 0.6) is 0 Å². The lowest BCUT2D eigenvalue weighted by Crippen LogP contribution is -2.63. The molecule has 0 bridgehead atoms. The zero-order valence-corrected chi connectivity index (χ0v) is 27.3. The molecule has 3 aromatic rings. The van der Waals surface area contributed by atoms with Gasteiger partial charge in [0.2, 0.25) is 5.91 Å². The second-order valence-electron chi connectivity index (χ2n) is 12.6. The van der Waals surface area contributed by atoms with Crippen molar-refractivity contribution in [3.05, 3.63) is 64.3 Å². The number of nitrogens with zero attached hydrogens (tertiary/aromatic N) is 4. The first-order valence-electron chi connectivity index (χ1n) is 18.5. The topological polar surface area (TPSA) is 107 Å². The van der Waals surface area contributed by atoms with Crippen LogP contribution in [0.2, 0.25) is 0 Å². The Morgan fingerprint density at radius 2 is 1.82 bits per heavy atom. The van der Waals surface area contributed by atoms with E-state index in [2.05, 4.69) is 20.4 Å². The van der Waals surface area contributed by atoms with Crippen LogP contribution in [0.15, 0.2) is 42.6 Å². The first-order valence-corrected chi connectivity index (χ1v) is 15.4. The molecule has 2 aliphatic heterocycles. The molecule has 0 radical (unpaired) electrons. The number of rotatable bonds is 6. The van der Waals surface area contributed by atoms with Gasteiger partial charge in [-0.1, -0.05) is 32.9 Å². The first-order chi connectivity index (χ1) is 24.2. The number of thiophene rings is 1. The van der Waals surface area contributed by atoms with Crippen molar-refractivity contribution in [1.29, 1.82) is 0 Å². The Kier molecular flexibility index (Phi) is 6.74. The number of likely N-dealkylation sites (N-methyl/N-ethyl adjacent to an activating group) is 1. The molecule has 240 valence electrons. The summed E-state index contributed by atoms with van der Waals surface area (Å²) >= 11 is 1.29. The van der Waals surface area contributed by atoms with Gasteiger partial charge in [-0.05, 0) is 61.6 Å². The third-order valence-corrected chi connectivity index (χ3v) is 9.27. The summed E-state index contributed by atoms with van der Waals surface area (Å²) in [5, 5.41) is 6.02. The third-order valence-electron chi connectivity index (χ3n) is 7.79. The third kappa shape index (κ3) is 7.21. The van der Waals surface area contributed by atoms with Gasteiger partial charge in [-0.3, -0.25) is 24.8 Å². The molecule has 1 aromatic carbocycles. The van der Waals surface area contributed by atoms with Crippen LogP contribution >= 0.6 is 11.3 Å². The summed E-state index contributed by atoms with van der Waals surface area (Å²) in [4.78, 5) is 49.2. The van der Waals surface area contributed by atoms with Gasteiger partial charge in [-0.2, -0.15) is 0 Å². The number of hydrogen-bond donors (Lipinski definition) is 2. The van der Waals surface area contributed by atoms with Gasteiger partial charge in [0.25, 0.3) is 5.91 Å². The molecule has 0 spiro atoms. The summed E-state index contributed by atoms with van der Waals surface area (Å²) in [5.74, 6) is -0.530. The van der Waals surface area contributed by atoms with Crippen molar-refractivity contribution in [1.82, 2.24) is 19.7 Å². The van der Waals surface area contributed by atoms with Crippen LogP contribution in [-0.2, 0) is 21.5 Å². The van der Waals surface area contributed by atoms with Crippen molar-refractivity contribution in [3.8, 4) is 11.1 Å². The maximum absolute atomic E-state index is 14.0. The number of benzene rings is 1. The Bertz CT molecular complexity index is 1900. The second-order valence-corrected chi connectivity index (χ2v) is 13.7. The van der Waals surface area contributed by atoms with Crippen molar-refractivity contribution in [3.63, 3.8) is 0 Å². The van der Waals surface area contributed by atoms with Gasteiger partial charge in [0.1, 0.15) is 10.5 Å². The highest BCUT2D eigenvalue weighted by Gasteiger charge is 2.44. The maximum Gasteiger partial charge on any atom is 0.324 e. The number of anilines is 2. The van der Waals surface area contributed by atoms with Gasteiger partial charge < -0.3 is 19.9 Å². The van der Waals surface area contributed by atoms with E-state index in [1.54, 1.807) is 61.0 Å². The summed E-state index contributed by atoms with van der Waals surface area (Å²) in [6, 6.07) is 9.58. The lowest BCUT2D eigenvalue weighted by Gasteiger charge is -2.44. The molecular weight excluding hydrogens is 588 g/mol. The zero-order chi connectivity index (χ0) is 39.7. The molecule has 11 heteroatoms. The molecule has 2 fully saturated rings. The molecule has 4 heterocycles. The van der Waals surface area contributed by atoms with Crippen LogP contribution in [0.25, 0.3) is 11.1 Å². The van der Waals surface area contributed by atoms with Crippen molar-refractivity contribution < 1.29 is 30.1 Å². The quantitative estimate of drug-likeness (QED) is 0.364. The molecule has 4 amide bonds. The van der Waals surface area contributed by atoms with Crippen molar-refractivity contribution in [2.75, 3.05) is 56.9 Å². The molecule has 0 atom stereocenters. The van der Waals surface area contributed by atoms with E-state index in [-0.39, 0.29) is 22.9 Å². The van der Waals surface area contributed by atoms with Gasteiger partial charge in [0, 0.05) is 67.5 Å². The number of urea groups is 1. The minimum atomic E-state index is -3.16. The zero-order valence-electron chi connectivity index (χ0n) is 34.5. The summed E-state index contributed by atoms with van der Waals surface area (Å²) in [7, 11) is 1.70. The van der Waals surface area contributed by atoms with Crippen LogP contribution < -0.4 is 10.6 Å². The average molecular weight is 641 g/mol. The Labute approximate surface area is 281 Å². The Hall–Kier alpha value is -3.80. The van der Waals surface area contributed by atoms with Gasteiger partial charge in [0.05, 0.1) is 29.9 Å². The number of morpholine rings is 1. The molecule has 2 saturated heterocycles. The first kappa shape index (κ1) is 23.5. The van der Waals surface area contributed by atoms with E-state index in [0.717, 1.165) is 10.4 Å². The fraction of sp³-hybridized carbons (Fsp3) is 0.471. The van der Waals surface area contributed by atoms with Crippen LogP contribution in [0.1, 0.15) is 72.1 Å². The molecule has 2 aromatic heterocycles. The maximum atomic E-state index is 14.0. The van der Waals surface area contributed by atoms with E-state index in [1.807, 2.05) is 27.7 Å². The smallest absolute Gasteiger partial charge is 0.324 e. The van der Waals surface area contributed by atoms with Crippen LogP contribution in [0, 0.1) is 6.92 Å². The lowest BCUT2D eigenvalue weighted by molar-refractivity contribution is -0.144. The van der Waals surface area contributed by atoms with E-state index in [4.69, 9.17) is 11.0 Å².